The largest absolute Gasteiger partial charge is 0.208 e. The van der Waals surface area contributed by atoms with Gasteiger partial charge in [0.2, 0.25) is 0 Å². The van der Waals surface area contributed by atoms with Gasteiger partial charge in [-0.25, -0.2) is 15.0 Å². The first kappa shape index (κ1) is 30.4. The minimum atomic E-state index is -0.0648. The average molecular weight is 666 g/mol. The number of rotatable bonds is 5. The highest BCUT2D eigenvalue weighted by molar-refractivity contribution is 5.89. The molecule has 2 aliphatic carbocycles. The highest BCUT2D eigenvalue weighted by Gasteiger charge is 2.35. The van der Waals surface area contributed by atoms with E-state index >= 15 is 0 Å². The van der Waals surface area contributed by atoms with Crippen molar-refractivity contribution < 1.29 is 0 Å². The van der Waals surface area contributed by atoms with Crippen LogP contribution in [0.25, 0.3) is 78.7 Å². The van der Waals surface area contributed by atoms with Gasteiger partial charge >= 0.3 is 0 Å². The zero-order chi connectivity index (χ0) is 34.8. The lowest BCUT2D eigenvalue weighted by Crippen LogP contribution is -2.14. The Kier molecular flexibility index (Phi) is 6.91. The van der Waals surface area contributed by atoms with Crippen molar-refractivity contribution in [1.82, 2.24) is 15.0 Å². The van der Waals surface area contributed by atoms with Crippen LogP contribution in [0.5, 0.6) is 0 Å². The molecule has 0 aliphatic heterocycles. The Labute approximate surface area is 304 Å². The minimum absolute atomic E-state index is 0.0648. The fraction of sp³-hybridized carbons (Fsp3) is 0.0816. The smallest absolute Gasteiger partial charge is 0.164 e. The van der Waals surface area contributed by atoms with Gasteiger partial charge in [0.25, 0.3) is 0 Å². The van der Waals surface area contributed by atoms with Crippen molar-refractivity contribution in [3.05, 3.63) is 186 Å². The van der Waals surface area contributed by atoms with Crippen molar-refractivity contribution in [2.45, 2.75) is 25.7 Å². The summed E-state index contributed by atoms with van der Waals surface area (Å²) < 4.78 is 0. The molecule has 0 unspecified atom stereocenters. The molecule has 8 aromatic rings. The molecule has 246 valence electrons. The lowest BCUT2D eigenvalue weighted by Gasteiger charge is -2.22. The van der Waals surface area contributed by atoms with Gasteiger partial charge in [-0.2, -0.15) is 0 Å². The molecule has 0 saturated heterocycles. The Bertz CT molecular complexity index is 2670. The second-order valence-corrected chi connectivity index (χ2v) is 14.4. The van der Waals surface area contributed by atoms with Crippen molar-refractivity contribution in [1.29, 1.82) is 0 Å². The van der Waals surface area contributed by atoms with Crippen LogP contribution in [0.3, 0.4) is 0 Å². The summed E-state index contributed by atoms with van der Waals surface area (Å²) in [5.74, 6) is 2.02. The monoisotopic (exact) mass is 665 g/mol. The maximum atomic E-state index is 5.24. The number of aromatic nitrogens is 3. The molecule has 7 aromatic carbocycles. The number of nitrogens with zero attached hydrogens (tertiary/aromatic N) is 3. The van der Waals surface area contributed by atoms with Gasteiger partial charge in [0, 0.05) is 28.5 Å². The molecular weight excluding hydrogens is 631 g/mol. The Morgan fingerprint density at radius 2 is 0.846 bits per heavy atom. The first-order chi connectivity index (χ1) is 25.5. The van der Waals surface area contributed by atoms with Crippen LogP contribution in [0.1, 0.15) is 36.1 Å². The van der Waals surface area contributed by atoms with E-state index in [4.69, 9.17) is 15.0 Å². The Morgan fingerprint density at radius 3 is 1.62 bits per heavy atom. The standard InChI is InChI=1S/C49H35N3/c1-49(2)44-25-10-9-20-39(44)40-27-26-34(29-45(40)49)33-18-11-19-35(28-33)47-50-46(32-16-7-4-8-17-32)51-48(52-47)41-24-13-23-38-37-22-12-21-36(42(37)30-43(38)41)31-14-5-3-6-15-31/h3-29H,30H2,1-2H3. The third-order valence-corrected chi connectivity index (χ3v) is 11.0. The molecule has 0 spiro atoms. The van der Waals surface area contributed by atoms with E-state index in [1.54, 1.807) is 0 Å². The third-order valence-electron chi connectivity index (χ3n) is 11.0. The van der Waals surface area contributed by atoms with Gasteiger partial charge in [0.05, 0.1) is 0 Å². The van der Waals surface area contributed by atoms with E-state index in [1.165, 1.54) is 61.2 Å². The topological polar surface area (TPSA) is 38.7 Å². The van der Waals surface area contributed by atoms with Gasteiger partial charge in [-0.1, -0.05) is 166 Å². The Hall–Kier alpha value is -6.45. The van der Waals surface area contributed by atoms with E-state index in [0.29, 0.717) is 17.5 Å². The molecule has 10 rings (SSSR count). The van der Waals surface area contributed by atoms with E-state index in [0.717, 1.165) is 28.7 Å². The molecule has 3 nitrogen and oxygen atoms in total. The average Bonchev–Trinajstić information content (AvgIpc) is 3.70. The summed E-state index contributed by atoms with van der Waals surface area (Å²) in [5, 5.41) is 0. The molecule has 0 saturated carbocycles. The molecule has 0 N–H and O–H groups in total. The lowest BCUT2D eigenvalue weighted by molar-refractivity contribution is 0.660. The summed E-state index contributed by atoms with van der Waals surface area (Å²) in [4.78, 5) is 15.5. The highest BCUT2D eigenvalue weighted by atomic mass is 15.0. The van der Waals surface area contributed by atoms with Gasteiger partial charge < -0.3 is 0 Å². The molecule has 1 heterocycles. The first-order valence-corrected chi connectivity index (χ1v) is 18.0. The molecule has 52 heavy (non-hydrogen) atoms. The second kappa shape index (κ2) is 11.8. The number of fused-ring (bicyclic) bond motifs is 6. The third kappa shape index (κ3) is 4.85. The van der Waals surface area contributed by atoms with E-state index in [9.17, 15) is 0 Å². The van der Waals surface area contributed by atoms with Gasteiger partial charge in [-0.15, -0.1) is 0 Å². The summed E-state index contributed by atoms with van der Waals surface area (Å²) >= 11 is 0. The number of hydrogen-bond acceptors (Lipinski definition) is 3. The fourth-order valence-electron chi connectivity index (χ4n) is 8.40. The molecule has 2 aliphatic rings. The van der Waals surface area contributed by atoms with Gasteiger partial charge in [0.1, 0.15) is 0 Å². The van der Waals surface area contributed by atoms with Gasteiger partial charge in [-0.05, 0) is 78.9 Å². The summed E-state index contributed by atoms with van der Waals surface area (Å²) in [6.07, 6.45) is 0.821. The molecule has 0 amide bonds. The van der Waals surface area contributed by atoms with Gasteiger partial charge in [0.15, 0.2) is 17.5 Å². The molecule has 0 bridgehead atoms. The van der Waals surface area contributed by atoms with Crippen molar-refractivity contribution in [3.8, 4) is 78.7 Å². The Balaban J connectivity index is 1.09. The molecule has 0 fully saturated rings. The van der Waals surface area contributed by atoms with Crippen LogP contribution in [0, 0.1) is 0 Å². The summed E-state index contributed by atoms with van der Waals surface area (Å²) in [7, 11) is 0. The maximum absolute atomic E-state index is 5.24. The summed E-state index contributed by atoms with van der Waals surface area (Å²) in [6, 6.07) is 58.5. The highest BCUT2D eigenvalue weighted by Crippen LogP contribution is 2.50. The van der Waals surface area contributed by atoms with Gasteiger partial charge in [-0.3, -0.25) is 0 Å². The summed E-state index contributed by atoms with van der Waals surface area (Å²) in [5.41, 5.74) is 18.3. The van der Waals surface area contributed by atoms with Crippen molar-refractivity contribution in [2.24, 2.45) is 0 Å². The Morgan fingerprint density at radius 1 is 0.346 bits per heavy atom. The van der Waals surface area contributed by atoms with E-state index in [-0.39, 0.29) is 5.41 Å². The zero-order valence-electron chi connectivity index (χ0n) is 29.1. The molecule has 0 radical (unpaired) electrons. The quantitative estimate of drug-likeness (QED) is 0.184. The van der Waals surface area contributed by atoms with E-state index in [2.05, 4.69) is 159 Å². The molecular formula is C49H35N3. The van der Waals surface area contributed by atoms with E-state index in [1.807, 2.05) is 18.2 Å². The predicted octanol–water partition coefficient (Wildman–Crippen LogP) is 12.1. The molecule has 0 atom stereocenters. The predicted molar refractivity (Wildman–Crippen MR) is 213 cm³/mol. The second-order valence-electron chi connectivity index (χ2n) is 14.4. The summed E-state index contributed by atoms with van der Waals surface area (Å²) in [6.45, 7) is 4.66. The normalized spacial score (nSPS) is 13.3. The van der Waals surface area contributed by atoms with Crippen molar-refractivity contribution in [2.75, 3.05) is 0 Å². The van der Waals surface area contributed by atoms with Crippen LogP contribution in [0.15, 0.2) is 164 Å². The molecule has 3 heteroatoms. The van der Waals surface area contributed by atoms with Crippen LogP contribution >= 0.6 is 0 Å². The lowest BCUT2D eigenvalue weighted by atomic mass is 9.81. The van der Waals surface area contributed by atoms with E-state index < -0.39 is 0 Å². The van der Waals surface area contributed by atoms with Crippen LogP contribution in [0.2, 0.25) is 0 Å². The number of hydrogen-bond donors (Lipinski definition) is 0. The van der Waals surface area contributed by atoms with Crippen molar-refractivity contribution in [3.63, 3.8) is 0 Å². The minimum Gasteiger partial charge on any atom is -0.208 e. The molecule has 1 aromatic heterocycles. The SMILES string of the molecule is CC1(C)c2ccccc2-c2ccc(-c3cccc(-c4nc(-c5ccccc5)nc(-c5cccc6c5Cc5c(-c7ccccc7)cccc5-6)n4)c3)cc21. The van der Waals surface area contributed by atoms with Crippen LogP contribution in [-0.2, 0) is 11.8 Å². The maximum Gasteiger partial charge on any atom is 0.164 e. The first-order valence-electron chi connectivity index (χ1n) is 18.0. The zero-order valence-corrected chi connectivity index (χ0v) is 29.1. The van der Waals surface area contributed by atoms with Crippen LogP contribution in [0.4, 0.5) is 0 Å². The van der Waals surface area contributed by atoms with Crippen LogP contribution in [-0.4, -0.2) is 15.0 Å². The number of benzene rings is 7. The van der Waals surface area contributed by atoms with Crippen LogP contribution < -0.4 is 0 Å². The fourth-order valence-corrected chi connectivity index (χ4v) is 8.40. The van der Waals surface area contributed by atoms with Crippen molar-refractivity contribution >= 4 is 0 Å².